The first-order valence-corrected chi connectivity index (χ1v) is 7.78. The number of likely N-dealkylation sites (tertiary alicyclic amines) is 1. The van der Waals surface area contributed by atoms with E-state index in [2.05, 4.69) is 48.9 Å². The van der Waals surface area contributed by atoms with E-state index in [-0.39, 0.29) is 0 Å². The van der Waals surface area contributed by atoms with Gasteiger partial charge in [-0.05, 0) is 43.1 Å². The Morgan fingerprint density at radius 3 is 3.00 bits per heavy atom. The summed E-state index contributed by atoms with van der Waals surface area (Å²) in [4.78, 5) is 2.54. The Hall–Kier alpha value is -0.0600. The lowest BCUT2D eigenvalue weighted by atomic mass is 10.2. The van der Waals surface area contributed by atoms with Gasteiger partial charge in [-0.3, -0.25) is 4.90 Å². The number of ether oxygens (including phenoxy) is 1. The highest BCUT2D eigenvalue weighted by Crippen LogP contribution is 2.27. The zero-order chi connectivity index (χ0) is 12.3. The largest absolute Gasteiger partial charge is 0.497 e. The van der Waals surface area contributed by atoms with Gasteiger partial charge in [-0.1, -0.05) is 31.9 Å². The standard InChI is InChI=1S/C13H17Br2NO/c1-17-12-4-5-13(15)10(7-12)9-16-6-2-3-11(16)8-14/h4-5,7,11H,2-3,6,8-9H2,1H3. The molecule has 2 rings (SSSR count). The predicted octanol–water partition coefficient (Wildman–Crippen LogP) is 3.82. The summed E-state index contributed by atoms with van der Waals surface area (Å²) in [7, 11) is 1.71. The number of hydrogen-bond acceptors (Lipinski definition) is 2. The van der Waals surface area contributed by atoms with Crippen molar-refractivity contribution in [1.29, 1.82) is 0 Å². The zero-order valence-corrected chi connectivity index (χ0v) is 13.1. The highest BCUT2D eigenvalue weighted by atomic mass is 79.9. The molecule has 1 aromatic carbocycles. The van der Waals surface area contributed by atoms with Gasteiger partial charge in [0, 0.05) is 22.4 Å². The fourth-order valence-corrected chi connectivity index (χ4v) is 3.40. The van der Waals surface area contributed by atoms with Crippen LogP contribution in [0.15, 0.2) is 22.7 Å². The van der Waals surface area contributed by atoms with Gasteiger partial charge >= 0.3 is 0 Å². The summed E-state index contributed by atoms with van der Waals surface area (Å²) in [5, 5.41) is 1.06. The Balaban J connectivity index is 2.12. The number of benzene rings is 1. The third kappa shape index (κ3) is 3.24. The molecule has 0 saturated carbocycles. The molecule has 1 saturated heterocycles. The van der Waals surface area contributed by atoms with Crippen LogP contribution in [0.1, 0.15) is 18.4 Å². The number of halogens is 2. The van der Waals surface area contributed by atoms with Crippen molar-refractivity contribution in [3.63, 3.8) is 0 Å². The second-order valence-electron chi connectivity index (χ2n) is 4.38. The third-order valence-corrected chi connectivity index (χ3v) is 4.82. The normalized spacial score (nSPS) is 20.8. The summed E-state index contributed by atoms with van der Waals surface area (Å²) in [6, 6.07) is 6.84. The SMILES string of the molecule is COc1ccc(Br)c(CN2CCCC2CBr)c1. The molecule has 1 aliphatic rings. The molecule has 1 atom stereocenters. The summed E-state index contributed by atoms with van der Waals surface area (Å²) in [5.74, 6) is 0.929. The van der Waals surface area contributed by atoms with Gasteiger partial charge in [-0.25, -0.2) is 0 Å². The van der Waals surface area contributed by atoms with Crippen LogP contribution in [0.5, 0.6) is 5.75 Å². The molecule has 1 aromatic rings. The molecule has 0 spiro atoms. The first kappa shape index (κ1) is 13.4. The van der Waals surface area contributed by atoms with Crippen molar-refractivity contribution >= 4 is 31.9 Å². The number of hydrogen-bond donors (Lipinski definition) is 0. The summed E-state index contributed by atoms with van der Waals surface area (Å²) in [5.41, 5.74) is 1.30. The predicted molar refractivity (Wildman–Crippen MR) is 77.9 cm³/mol. The minimum absolute atomic E-state index is 0.674. The van der Waals surface area contributed by atoms with Gasteiger partial charge in [-0.2, -0.15) is 0 Å². The lowest BCUT2D eigenvalue weighted by Crippen LogP contribution is -2.30. The van der Waals surface area contributed by atoms with E-state index >= 15 is 0 Å². The maximum atomic E-state index is 5.28. The molecule has 0 radical (unpaired) electrons. The number of rotatable bonds is 4. The van der Waals surface area contributed by atoms with Gasteiger partial charge in [0.05, 0.1) is 7.11 Å². The lowest BCUT2D eigenvalue weighted by molar-refractivity contribution is 0.264. The maximum Gasteiger partial charge on any atom is 0.119 e. The van der Waals surface area contributed by atoms with Crippen LogP contribution in [-0.2, 0) is 6.54 Å². The van der Waals surface area contributed by atoms with Crippen molar-refractivity contribution in [3.05, 3.63) is 28.2 Å². The molecule has 2 nitrogen and oxygen atoms in total. The van der Waals surface area contributed by atoms with Crippen LogP contribution in [-0.4, -0.2) is 29.9 Å². The van der Waals surface area contributed by atoms with E-state index in [1.54, 1.807) is 7.11 Å². The second-order valence-corrected chi connectivity index (χ2v) is 5.88. The average molecular weight is 363 g/mol. The molecular formula is C13H17Br2NO. The first-order valence-electron chi connectivity index (χ1n) is 5.87. The van der Waals surface area contributed by atoms with Crippen LogP contribution in [0.4, 0.5) is 0 Å². The van der Waals surface area contributed by atoms with Crippen LogP contribution in [0.2, 0.25) is 0 Å². The first-order chi connectivity index (χ1) is 8.24. The minimum Gasteiger partial charge on any atom is -0.497 e. The quantitative estimate of drug-likeness (QED) is 0.755. The van der Waals surface area contributed by atoms with Crippen molar-refractivity contribution in [2.45, 2.75) is 25.4 Å². The molecule has 0 N–H and O–H groups in total. The Morgan fingerprint density at radius 2 is 2.29 bits per heavy atom. The van der Waals surface area contributed by atoms with Crippen molar-refractivity contribution in [2.75, 3.05) is 19.0 Å². The number of methoxy groups -OCH3 is 1. The van der Waals surface area contributed by atoms with E-state index in [9.17, 15) is 0 Å². The number of alkyl halides is 1. The van der Waals surface area contributed by atoms with E-state index in [0.29, 0.717) is 6.04 Å². The summed E-state index contributed by atoms with van der Waals surface area (Å²) in [6.07, 6.45) is 2.60. The van der Waals surface area contributed by atoms with Crippen molar-refractivity contribution in [2.24, 2.45) is 0 Å². The third-order valence-electron chi connectivity index (χ3n) is 3.30. The molecule has 0 aliphatic carbocycles. The Kier molecular flexibility index (Phi) is 4.88. The smallest absolute Gasteiger partial charge is 0.119 e. The van der Waals surface area contributed by atoms with E-state index in [0.717, 1.165) is 17.6 Å². The molecule has 17 heavy (non-hydrogen) atoms. The van der Waals surface area contributed by atoms with Gasteiger partial charge in [0.2, 0.25) is 0 Å². The molecule has 0 amide bonds. The Bertz CT molecular complexity index is 384. The zero-order valence-electron chi connectivity index (χ0n) is 9.96. The van der Waals surface area contributed by atoms with Crippen LogP contribution in [0.25, 0.3) is 0 Å². The molecule has 0 aromatic heterocycles. The van der Waals surface area contributed by atoms with Crippen molar-refractivity contribution in [1.82, 2.24) is 4.90 Å². The Morgan fingerprint density at radius 1 is 1.47 bits per heavy atom. The monoisotopic (exact) mass is 361 g/mol. The van der Waals surface area contributed by atoms with Gasteiger partial charge in [0.15, 0.2) is 0 Å². The topological polar surface area (TPSA) is 12.5 Å². The molecule has 0 bridgehead atoms. The van der Waals surface area contributed by atoms with E-state index in [1.165, 1.54) is 29.4 Å². The summed E-state index contributed by atoms with van der Waals surface area (Å²) >= 11 is 7.21. The minimum atomic E-state index is 0.674. The van der Waals surface area contributed by atoms with Crippen molar-refractivity contribution < 1.29 is 4.74 Å². The molecule has 1 heterocycles. The van der Waals surface area contributed by atoms with Crippen LogP contribution >= 0.6 is 31.9 Å². The van der Waals surface area contributed by atoms with E-state index in [1.807, 2.05) is 6.07 Å². The molecule has 1 unspecified atom stereocenters. The molecular weight excluding hydrogens is 346 g/mol. The van der Waals surface area contributed by atoms with Crippen LogP contribution < -0.4 is 4.74 Å². The number of nitrogens with zero attached hydrogens (tertiary/aromatic N) is 1. The van der Waals surface area contributed by atoms with E-state index < -0.39 is 0 Å². The van der Waals surface area contributed by atoms with Crippen LogP contribution in [0, 0.1) is 0 Å². The fourth-order valence-electron chi connectivity index (χ4n) is 2.30. The van der Waals surface area contributed by atoms with Crippen LogP contribution in [0.3, 0.4) is 0 Å². The van der Waals surface area contributed by atoms with Gasteiger partial charge in [0.1, 0.15) is 5.75 Å². The van der Waals surface area contributed by atoms with Gasteiger partial charge in [-0.15, -0.1) is 0 Å². The Labute approximate surface area is 120 Å². The van der Waals surface area contributed by atoms with Gasteiger partial charge in [0.25, 0.3) is 0 Å². The average Bonchev–Trinajstić information content (AvgIpc) is 2.79. The maximum absolute atomic E-state index is 5.28. The summed E-state index contributed by atoms with van der Waals surface area (Å²) in [6.45, 7) is 2.19. The van der Waals surface area contributed by atoms with E-state index in [4.69, 9.17) is 4.74 Å². The van der Waals surface area contributed by atoms with Crippen molar-refractivity contribution in [3.8, 4) is 5.75 Å². The molecule has 4 heteroatoms. The summed E-state index contributed by atoms with van der Waals surface area (Å²) < 4.78 is 6.44. The fraction of sp³-hybridized carbons (Fsp3) is 0.538. The lowest BCUT2D eigenvalue weighted by Gasteiger charge is -2.23. The molecule has 1 aliphatic heterocycles. The molecule has 1 fully saturated rings. The highest BCUT2D eigenvalue weighted by Gasteiger charge is 2.23. The molecule has 94 valence electrons. The second kappa shape index (κ2) is 6.21. The highest BCUT2D eigenvalue weighted by molar-refractivity contribution is 9.10. The van der Waals surface area contributed by atoms with Gasteiger partial charge < -0.3 is 4.74 Å².